The summed E-state index contributed by atoms with van der Waals surface area (Å²) >= 11 is 0. The van der Waals surface area contributed by atoms with E-state index in [1.807, 2.05) is 6.07 Å². The first-order valence-corrected chi connectivity index (χ1v) is 4.76. The Kier molecular flexibility index (Phi) is 2.32. The second kappa shape index (κ2) is 3.46. The van der Waals surface area contributed by atoms with Crippen LogP contribution in [0.4, 0.5) is 4.39 Å². The van der Waals surface area contributed by atoms with Gasteiger partial charge in [0.05, 0.1) is 0 Å². The zero-order valence-electron chi connectivity index (χ0n) is 7.81. The molecule has 1 heterocycles. The number of nitrogens with one attached hydrogen (secondary N) is 1. The van der Waals surface area contributed by atoms with Crippen LogP contribution in [0.5, 0.6) is 0 Å². The van der Waals surface area contributed by atoms with Crippen LogP contribution >= 0.6 is 0 Å². The fourth-order valence-electron chi connectivity index (χ4n) is 1.76. The minimum atomic E-state index is -0.130. The maximum atomic E-state index is 12.9. The molecule has 1 aromatic carbocycles. The van der Waals surface area contributed by atoms with Crippen molar-refractivity contribution in [3.05, 3.63) is 35.1 Å². The minimum absolute atomic E-state index is 0.130. The van der Waals surface area contributed by atoms with Gasteiger partial charge in [0.15, 0.2) is 0 Å². The Morgan fingerprint density at radius 1 is 1.38 bits per heavy atom. The molecule has 2 heteroatoms. The van der Waals surface area contributed by atoms with Gasteiger partial charge in [-0.1, -0.05) is 6.07 Å². The van der Waals surface area contributed by atoms with E-state index >= 15 is 0 Å². The number of fused-ring (bicyclic) bond motifs is 1. The van der Waals surface area contributed by atoms with Crippen molar-refractivity contribution >= 4 is 0 Å². The Morgan fingerprint density at radius 2 is 2.23 bits per heavy atom. The van der Waals surface area contributed by atoms with E-state index in [-0.39, 0.29) is 5.82 Å². The van der Waals surface area contributed by atoms with E-state index in [9.17, 15) is 4.39 Å². The van der Waals surface area contributed by atoms with Gasteiger partial charge in [0.2, 0.25) is 0 Å². The zero-order chi connectivity index (χ0) is 9.26. The predicted octanol–water partition coefficient (Wildman–Crippen LogP) is 2.25. The molecule has 0 fully saturated rings. The first kappa shape index (κ1) is 8.70. The lowest BCUT2D eigenvalue weighted by molar-refractivity contribution is 0.533. The lowest BCUT2D eigenvalue weighted by Crippen LogP contribution is -2.23. The summed E-state index contributed by atoms with van der Waals surface area (Å²) in [6, 6.07) is 5.63. The second-order valence-electron chi connectivity index (χ2n) is 3.73. The van der Waals surface area contributed by atoms with Gasteiger partial charge in [0, 0.05) is 12.6 Å². The van der Waals surface area contributed by atoms with Crippen LogP contribution < -0.4 is 5.32 Å². The van der Waals surface area contributed by atoms with Crippen molar-refractivity contribution in [3.8, 4) is 0 Å². The molecule has 1 N–H and O–H groups in total. The van der Waals surface area contributed by atoms with Crippen molar-refractivity contribution < 1.29 is 4.39 Å². The Bertz CT molecular complexity index is 309. The molecule has 0 spiro atoms. The number of halogens is 1. The van der Waals surface area contributed by atoms with E-state index in [4.69, 9.17) is 0 Å². The summed E-state index contributed by atoms with van der Waals surface area (Å²) in [5, 5.41) is 3.36. The minimum Gasteiger partial charge on any atom is -0.310 e. The van der Waals surface area contributed by atoms with Gasteiger partial charge in [-0.2, -0.15) is 0 Å². The summed E-state index contributed by atoms with van der Waals surface area (Å²) in [6.07, 6.45) is 2.20. The Hall–Kier alpha value is -0.890. The van der Waals surface area contributed by atoms with E-state index < -0.39 is 0 Å². The molecule has 0 radical (unpaired) electrons. The molecule has 2 rings (SSSR count). The lowest BCUT2D eigenvalue weighted by atomic mass is 10.0. The molecule has 0 aliphatic carbocycles. The number of hydrogen-bond donors (Lipinski definition) is 1. The van der Waals surface area contributed by atoms with Crippen molar-refractivity contribution in [1.82, 2.24) is 5.32 Å². The number of rotatable bonds is 0. The molecule has 1 aliphatic rings. The molecule has 1 atom stereocenters. The van der Waals surface area contributed by atoms with E-state index in [1.54, 1.807) is 12.1 Å². The first-order chi connectivity index (χ1) is 6.25. The van der Waals surface area contributed by atoms with Crippen molar-refractivity contribution in [2.24, 2.45) is 0 Å². The van der Waals surface area contributed by atoms with Gasteiger partial charge in [0.1, 0.15) is 5.82 Å². The first-order valence-electron chi connectivity index (χ1n) is 4.76. The van der Waals surface area contributed by atoms with Crippen LogP contribution in [0.15, 0.2) is 18.2 Å². The summed E-state index contributed by atoms with van der Waals surface area (Å²) in [5.74, 6) is -0.130. The Balaban J connectivity index is 2.30. The fraction of sp³-hybridized carbons (Fsp3) is 0.455. The zero-order valence-corrected chi connectivity index (χ0v) is 7.81. The molecular weight excluding hydrogens is 165 g/mol. The largest absolute Gasteiger partial charge is 0.310 e. The number of hydrogen-bond acceptors (Lipinski definition) is 1. The normalized spacial score (nSPS) is 22.2. The van der Waals surface area contributed by atoms with Crippen LogP contribution in [0.3, 0.4) is 0 Å². The maximum Gasteiger partial charge on any atom is 0.123 e. The third kappa shape index (κ3) is 1.89. The lowest BCUT2D eigenvalue weighted by Gasteiger charge is -2.07. The number of benzene rings is 1. The van der Waals surface area contributed by atoms with Crippen LogP contribution in [-0.2, 0) is 13.0 Å². The summed E-state index contributed by atoms with van der Waals surface area (Å²) in [5.41, 5.74) is 2.41. The van der Waals surface area contributed by atoms with Gasteiger partial charge in [0.25, 0.3) is 0 Å². The summed E-state index contributed by atoms with van der Waals surface area (Å²) in [7, 11) is 0. The third-order valence-electron chi connectivity index (χ3n) is 2.66. The molecule has 13 heavy (non-hydrogen) atoms. The standard InChI is InChI=1S/C11H14FN/c1-8-2-3-9-4-5-11(12)6-10(9)7-13-8/h4-6,8,13H,2-3,7H2,1H3. The van der Waals surface area contributed by atoms with E-state index in [1.165, 1.54) is 5.56 Å². The second-order valence-corrected chi connectivity index (χ2v) is 3.73. The molecule has 1 aromatic rings. The fourth-order valence-corrected chi connectivity index (χ4v) is 1.76. The molecule has 0 saturated carbocycles. The Labute approximate surface area is 78.0 Å². The van der Waals surface area contributed by atoms with Crippen LogP contribution in [0.1, 0.15) is 24.5 Å². The van der Waals surface area contributed by atoms with Crippen molar-refractivity contribution in [1.29, 1.82) is 0 Å². The highest BCUT2D eigenvalue weighted by atomic mass is 19.1. The predicted molar refractivity (Wildman–Crippen MR) is 51.0 cm³/mol. The van der Waals surface area contributed by atoms with Crippen molar-refractivity contribution in [3.63, 3.8) is 0 Å². The van der Waals surface area contributed by atoms with Gasteiger partial charge in [-0.15, -0.1) is 0 Å². The van der Waals surface area contributed by atoms with Gasteiger partial charge in [-0.3, -0.25) is 0 Å². The van der Waals surface area contributed by atoms with E-state index in [0.29, 0.717) is 6.04 Å². The molecule has 0 bridgehead atoms. The van der Waals surface area contributed by atoms with Gasteiger partial charge >= 0.3 is 0 Å². The van der Waals surface area contributed by atoms with Crippen molar-refractivity contribution in [2.75, 3.05) is 0 Å². The van der Waals surface area contributed by atoms with Gasteiger partial charge in [-0.25, -0.2) is 4.39 Å². The van der Waals surface area contributed by atoms with E-state index in [0.717, 1.165) is 24.9 Å². The van der Waals surface area contributed by atoms with Gasteiger partial charge in [-0.05, 0) is 43.0 Å². The molecular formula is C11H14FN. The summed E-state index contributed by atoms with van der Waals surface area (Å²) in [4.78, 5) is 0. The molecule has 0 amide bonds. The molecule has 1 aliphatic heterocycles. The Morgan fingerprint density at radius 3 is 3.08 bits per heavy atom. The van der Waals surface area contributed by atoms with E-state index in [2.05, 4.69) is 12.2 Å². The van der Waals surface area contributed by atoms with Crippen molar-refractivity contribution in [2.45, 2.75) is 32.4 Å². The quantitative estimate of drug-likeness (QED) is 0.644. The molecule has 0 aromatic heterocycles. The third-order valence-corrected chi connectivity index (χ3v) is 2.66. The smallest absolute Gasteiger partial charge is 0.123 e. The average molecular weight is 179 g/mol. The highest BCUT2D eigenvalue weighted by molar-refractivity contribution is 5.29. The van der Waals surface area contributed by atoms with Crippen LogP contribution in [0.25, 0.3) is 0 Å². The average Bonchev–Trinajstić information content (AvgIpc) is 2.29. The highest BCUT2D eigenvalue weighted by Crippen LogP contribution is 2.17. The SMILES string of the molecule is CC1CCc2ccc(F)cc2CN1. The molecule has 70 valence electrons. The van der Waals surface area contributed by atoms with Crippen LogP contribution in [0.2, 0.25) is 0 Å². The van der Waals surface area contributed by atoms with Crippen LogP contribution in [-0.4, -0.2) is 6.04 Å². The number of aryl methyl sites for hydroxylation is 1. The molecule has 0 saturated heterocycles. The molecule has 1 unspecified atom stereocenters. The summed E-state index contributed by atoms with van der Waals surface area (Å²) in [6.45, 7) is 2.97. The van der Waals surface area contributed by atoms with Crippen LogP contribution in [0, 0.1) is 5.82 Å². The summed E-state index contributed by atoms with van der Waals surface area (Å²) < 4.78 is 12.9. The van der Waals surface area contributed by atoms with Gasteiger partial charge < -0.3 is 5.32 Å². The highest BCUT2D eigenvalue weighted by Gasteiger charge is 2.11. The maximum absolute atomic E-state index is 12.9. The molecule has 1 nitrogen and oxygen atoms in total. The monoisotopic (exact) mass is 179 g/mol. The topological polar surface area (TPSA) is 12.0 Å².